The minimum absolute atomic E-state index is 0.264. The Labute approximate surface area is 238 Å². The van der Waals surface area contributed by atoms with E-state index in [9.17, 15) is 14.0 Å². The molecule has 0 atom stereocenters. The van der Waals surface area contributed by atoms with Crippen molar-refractivity contribution in [2.75, 3.05) is 14.2 Å². The summed E-state index contributed by atoms with van der Waals surface area (Å²) in [6.07, 6.45) is 1.33. The summed E-state index contributed by atoms with van der Waals surface area (Å²) in [6.45, 7) is 1.72. The summed E-state index contributed by atoms with van der Waals surface area (Å²) in [6, 6.07) is 14.2. The summed E-state index contributed by atoms with van der Waals surface area (Å²) >= 11 is 6.68. The number of furan rings is 1. The van der Waals surface area contributed by atoms with Gasteiger partial charge in [0.1, 0.15) is 28.4 Å². The monoisotopic (exact) mass is 574 g/mol. The Hall–Kier alpha value is -4.70. The number of methoxy groups -OCH3 is 1. The van der Waals surface area contributed by atoms with Crippen molar-refractivity contribution in [1.82, 2.24) is 20.8 Å². The highest BCUT2D eigenvalue weighted by molar-refractivity contribution is 6.34. The average molecular weight is 575 g/mol. The number of rotatable bonds is 7. The number of hydrogen-bond acceptors (Lipinski definition) is 7. The molecule has 0 bridgehead atoms. The number of nitrogens with zero attached hydrogens (tertiary/aromatic N) is 2. The Bertz CT molecular complexity index is 1820. The van der Waals surface area contributed by atoms with Gasteiger partial charge in [0.2, 0.25) is 0 Å². The lowest BCUT2D eigenvalue weighted by molar-refractivity contribution is 0.0916. The fraction of sp³-hybridized carbons (Fsp3) is 0.200. The van der Waals surface area contributed by atoms with Gasteiger partial charge in [-0.2, -0.15) is 4.98 Å². The molecule has 3 aromatic carbocycles. The van der Waals surface area contributed by atoms with Crippen LogP contribution in [0, 0.1) is 12.7 Å². The number of halogens is 2. The minimum atomic E-state index is -0.724. The lowest BCUT2D eigenvalue weighted by Crippen LogP contribution is -2.35. The highest BCUT2D eigenvalue weighted by Gasteiger charge is 2.51. The number of ether oxygens (including phenoxy) is 1. The van der Waals surface area contributed by atoms with E-state index in [-0.39, 0.29) is 17.4 Å². The van der Waals surface area contributed by atoms with E-state index >= 15 is 0 Å². The van der Waals surface area contributed by atoms with E-state index in [1.807, 2.05) is 0 Å². The van der Waals surface area contributed by atoms with Gasteiger partial charge in [0.05, 0.1) is 23.3 Å². The van der Waals surface area contributed by atoms with Gasteiger partial charge in [-0.05, 0) is 67.8 Å². The predicted octanol–water partition coefficient (Wildman–Crippen LogP) is 6.04. The van der Waals surface area contributed by atoms with Crippen molar-refractivity contribution in [3.05, 3.63) is 88.3 Å². The van der Waals surface area contributed by atoms with Crippen molar-refractivity contribution < 1.29 is 27.7 Å². The molecule has 0 radical (unpaired) electrons. The molecule has 11 heteroatoms. The number of carbonyl (C=O) groups is 2. The standard InChI is InChI=1S/C30H24ClFN4O5/c1-15-34-29(41-36-15)30(10-11-30)35-27(37)21-13-19(22(31)14-24(21)39-3)17-6-9-23-20(12-17)25(28(38)33-2)26(40-23)16-4-7-18(32)8-5-16/h4-9,12-14H,10-11H2,1-3H3,(H,33,38)(H,35,37). The maximum absolute atomic E-state index is 13.6. The van der Waals surface area contributed by atoms with Crippen LogP contribution in [0.15, 0.2) is 63.5 Å². The van der Waals surface area contributed by atoms with Crippen molar-refractivity contribution in [2.24, 2.45) is 0 Å². The Morgan fingerprint density at radius 1 is 1.05 bits per heavy atom. The van der Waals surface area contributed by atoms with Crippen molar-refractivity contribution in [3.63, 3.8) is 0 Å². The van der Waals surface area contributed by atoms with E-state index in [1.165, 1.54) is 26.3 Å². The van der Waals surface area contributed by atoms with Gasteiger partial charge in [-0.3, -0.25) is 9.59 Å². The van der Waals surface area contributed by atoms with Crippen LogP contribution in [-0.2, 0) is 5.54 Å². The first-order valence-corrected chi connectivity index (χ1v) is 13.2. The molecule has 6 rings (SSSR count). The maximum atomic E-state index is 13.6. The smallest absolute Gasteiger partial charge is 0.255 e. The Morgan fingerprint density at radius 2 is 1.78 bits per heavy atom. The summed E-state index contributed by atoms with van der Waals surface area (Å²) in [5.41, 5.74) is 2.03. The first-order valence-electron chi connectivity index (χ1n) is 12.8. The van der Waals surface area contributed by atoms with Crippen LogP contribution in [0.2, 0.25) is 5.02 Å². The van der Waals surface area contributed by atoms with Gasteiger partial charge < -0.3 is 24.3 Å². The number of nitrogens with one attached hydrogen (secondary N) is 2. The molecule has 9 nitrogen and oxygen atoms in total. The first-order chi connectivity index (χ1) is 19.7. The third kappa shape index (κ3) is 4.70. The molecule has 2 aromatic heterocycles. The van der Waals surface area contributed by atoms with Gasteiger partial charge in [0, 0.05) is 29.6 Å². The molecular weight excluding hydrogens is 551 g/mol. The molecule has 1 fully saturated rings. The largest absolute Gasteiger partial charge is 0.496 e. The third-order valence-corrected chi connectivity index (χ3v) is 7.45. The number of aryl methyl sites for hydroxylation is 1. The van der Waals surface area contributed by atoms with Crippen LogP contribution in [0.4, 0.5) is 4.39 Å². The summed E-state index contributed by atoms with van der Waals surface area (Å²) in [4.78, 5) is 30.8. The van der Waals surface area contributed by atoms with Crippen LogP contribution in [0.3, 0.4) is 0 Å². The van der Waals surface area contributed by atoms with Gasteiger partial charge >= 0.3 is 0 Å². The molecule has 1 aliphatic carbocycles. The summed E-state index contributed by atoms with van der Waals surface area (Å²) in [5, 5.41) is 10.4. The van der Waals surface area contributed by atoms with Crippen molar-refractivity contribution in [3.8, 4) is 28.2 Å². The van der Waals surface area contributed by atoms with Crippen molar-refractivity contribution >= 4 is 34.4 Å². The molecule has 208 valence electrons. The number of benzene rings is 3. The first kappa shape index (κ1) is 26.5. The summed E-state index contributed by atoms with van der Waals surface area (Å²) in [5.74, 6) is 0.295. The van der Waals surface area contributed by atoms with E-state index in [4.69, 9.17) is 25.3 Å². The lowest BCUT2D eigenvalue weighted by Gasteiger charge is -2.16. The second-order valence-electron chi connectivity index (χ2n) is 9.82. The molecule has 0 spiro atoms. The SMILES string of the molecule is CNC(=O)c1c(-c2ccc(F)cc2)oc2ccc(-c3cc(C(=O)NC4(c5nc(C)no5)CC4)c(OC)cc3Cl)cc12. The fourth-order valence-electron chi connectivity index (χ4n) is 4.84. The van der Waals surface area contributed by atoms with Gasteiger partial charge in [0.15, 0.2) is 5.82 Å². The zero-order valence-electron chi connectivity index (χ0n) is 22.3. The Morgan fingerprint density at radius 3 is 2.41 bits per heavy atom. The molecule has 0 saturated heterocycles. The quantitative estimate of drug-likeness (QED) is 0.243. The molecule has 0 aliphatic heterocycles. The van der Waals surface area contributed by atoms with E-state index in [0.717, 1.165) is 0 Å². The van der Waals surface area contributed by atoms with E-state index < -0.39 is 11.4 Å². The zero-order valence-corrected chi connectivity index (χ0v) is 23.1. The molecule has 2 N–H and O–H groups in total. The number of aromatic nitrogens is 2. The molecule has 5 aromatic rings. The molecule has 1 aliphatic rings. The summed E-state index contributed by atoms with van der Waals surface area (Å²) in [7, 11) is 2.98. The van der Waals surface area contributed by atoms with Gasteiger partial charge in [0.25, 0.3) is 17.7 Å². The number of amides is 2. The van der Waals surface area contributed by atoms with E-state index in [0.29, 0.717) is 74.3 Å². The van der Waals surface area contributed by atoms with Crippen molar-refractivity contribution in [1.29, 1.82) is 0 Å². The highest BCUT2D eigenvalue weighted by atomic mass is 35.5. The molecule has 41 heavy (non-hydrogen) atoms. The lowest BCUT2D eigenvalue weighted by atomic mass is 9.98. The Kier molecular flexibility index (Phi) is 6.50. The second-order valence-corrected chi connectivity index (χ2v) is 10.2. The predicted molar refractivity (Wildman–Crippen MR) is 149 cm³/mol. The van der Waals surface area contributed by atoms with Crippen LogP contribution < -0.4 is 15.4 Å². The van der Waals surface area contributed by atoms with Crippen molar-refractivity contribution in [2.45, 2.75) is 25.3 Å². The molecule has 2 amide bonds. The minimum Gasteiger partial charge on any atom is -0.496 e. The maximum Gasteiger partial charge on any atom is 0.255 e. The Balaban J connectivity index is 1.43. The van der Waals surface area contributed by atoms with Crippen LogP contribution in [0.25, 0.3) is 33.4 Å². The van der Waals surface area contributed by atoms with Crippen LogP contribution in [-0.4, -0.2) is 36.1 Å². The van der Waals surface area contributed by atoms with E-state index in [2.05, 4.69) is 20.8 Å². The normalized spacial score (nSPS) is 13.7. The van der Waals surface area contributed by atoms with Gasteiger partial charge in [-0.15, -0.1) is 0 Å². The molecular formula is C30H24ClFN4O5. The van der Waals surface area contributed by atoms with Crippen LogP contribution >= 0.6 is 11.6 Å². The van der Waals surface area contributed by atoms with Crippen LogP contribution in [0.1, 0.15) is 45.3 Å². The molecule has 2 heterocycles. The second kappa shape index (κ2) is 10.0. The number of hydrogen-bond donors (Lipinski definition) is 2. The third-order valence-electron chi connectivity index (χ3n) is 7.13. The van der Waals surface area contributed by atoms with E-state index in [1.54, 1.807) is 49.4 Å². The van der Waals surface area contributed by atoms with Gasteiger partial charge in [-0.25, -0.2) is 4.39 Å². The topological polar surface area (TPSA) is 119 Å². The average Bonchev–Trinajstić information content (AvgIpc) is 3.44. The summed E-state index contributed by atoms with van der Waals surface area (Å²) < 4.78 is 30.4. The fourth-order valence-corrected chi connectivity index (χ4v) is 5.10. The van der Waals surface area contributed by atoms with Gasteiger partial charge in [-0.1, -0.05) is 22.8 Å². The molecule has 1 saturated carbocycles. The van der Waals surface area contributed by atoms with Crippen LogP contribution in [0.5, 0.6) is 5.75 Å². The molecule has 0 unspecified atom stereocenters. The highest BCUT2D eigenvalue weighted by Crippen LogP contribution is 2.45. The number of fused-ring (bicyclic) bond motifs is 1. The number of carbonyl (C=O) groups excluding carboxylic acids is 2. The zero-order chi connectivity index (χ0) is 28.9.